The molecule has 1 aromatic heterocycles. The number of nitrogens with zero attached hydrogens (tertiary/aromatic N) is 2. The van der Waals surface area contributed by atoms with Crippen LogP contribution in [0.4, 0.5) is 0 Å². The van der Waals surface area contributed by atoms with Crippen LogP contribution in [0.25, 0.3) is 11.0 Å². The van der Waals surface area contributed by atoms with Gasteiger partial charge in [0, 0.05) is 13.2 Å². The van der Waals surface area contributed by atoms with Crippen molar-refractivity contribution in [2.45, 2.75) is 191 Å². The van der Waals surface area contributed by atoms with E-state index in [0.717, 1.165) is 51.4 Å². The Kier molecular flexibility index (Phi) is 18.5. The van der Waals surface area contributed by atoms with Crippen LogP contribution in [0.15, 0.2) is 29.1 Å². The third-order valence-corrected chi connectivity index (χ3v) is 10.6. The molecule has 0 spiro atoms. The Morgan fingerprint density at radius 2 is 0.885 bits per heavy atom. The van der Waals surface area contributed by atoms with Crippen molar-refractivity contribution in [1.82, 2.24) is 9.13 Å². The van der Waals surface area contributed by atoms with Crippen molar-refractivity contribution in [2.75, 3.05) is 13.2 Å². The molecule has 3 heterocycles. The van der Waals surface area contributed by atoms with E-state index in [1.54, 1.807) is 24.3 Å². The summed E-state index contributed by atoms with van der Waals surface area (Å²) in [5, 5.41) is 64.8. The third kappa shape index (κ3) is 11.8. The molecule has 4 rings (SSSR count). The van der Waals surface area contributed by atoms with Crippen molar-refractivity contribution in [3.8, 4) is 0 Å². The van der Waals surface area contributed by atoms with Gasteiger partial charge in [0.05, 0.1) is 24.1 Å². The van der Waals surface area contributed by atoms with Crippen LogP contribution in [-0.4, -0.2) is 114 Å². The normalized spacial score (nSPS) is 29.6. The summed E-state index contributed by atoms with van der Waals surface area (Å²) >= 11 is 0. The molecule has 2 saturated heterocycles. The minimum Gasteiger partial charge on any atom is -0.388 e. The SMILES string of the molecule is CCCCCCCCCCOC1C(O)C(O)OC(Cn2c(=O)n(CC3OC(O)C(O)C(OCCCCCCCCCC)C3O)c3ccccc32)C1O. The van der Waals surface area contributed by atoms with Gasteiger partial charge in [-0.05, 0) is 25.0 Å². The molecule has 52 heavy (non-hydrogen) atoms. The van der Waals surface area contributed by atoms with Crippen LogP contribution < -0.4 is 5.69 Å². The molecule has 10 atom stereocenters. The summed E-state index contributed by atoms with van der Waals surface area (Å²) in [7, 11) is 0. The van der Waals surface area contributed by atoms with Crippen molar-refractivity contribution in [3.63, 3.8) is 0 Å². The molecular formula is C39H66N2O11. The van der Waals surface area contributed by atoms with Crippen LogP contribution >= 0.6 is 0 Å². The van der Waals surface area contributed by atoms with E-state index in [2.05, 4.69) is 13.8 Å². The van der Waals surface area contributed by atoms with Crippen LogP contribution in [0.2, 0.25) is 0 Å². The molecule has 10 unspecified atom stereocenters. The molecule has 0 aliphatic carbocycles. The number of aliphatic hydroxyl groups excluding tert-OH is 6. The summed E-state index contributed by atoms with van der Waals surface area (Å²) in [4.78, 5) is 14.0. The van der Waals surface area contributed by atoms with Crippen LogP contribution in [0.5, 0.6) is 0 Å². The van der Waals surface area contributed by atoms with E-state index in [-0.39, 0.29) is 13.1 Å². The highest BCUT2D eigenvalue weighted by atomic mass is 16.7. The summed E-state index contributed by atoms with van der Waals surface area (Å²) < 4.78 is 25.8. The van der Waals surface area contributed by atoms with E-state index >= 15 is 0 Å². The summed E-state index contributed by atoms with van der Waals surface area (Å²) in [6.07, 6.45) is 4.53. The number of aromatic nitrogens is 2. The molecule has 13 heteroatoms. The maximum Gasteiger partial charge on any atom is 0.329 e. The molecule has 2 aliphatic rings. The predicted molar refractivity (Wildman–Crippen MR) is 197 cm³/mol. The molecule has 6 N–H and O–H groups in total. The second kappa shape index (κ2) is 22.5. The Balaban J connectivity index is 1.37. The van der Waals surface area contributed by atoms with Gasteiger partial charge in [-0.25, -0.2) is 4.79 Å². The number of unbranched alkanes of at least 4 members (excludes halogenated alkanes) is 14. The van der Waals surface area contributed by atoms with Crippen LogP contribution in [0, 0.1) is 0 Å². The number of para-hydroxylation sites is 2. The van der Waals surface area contributed by atoms with Crippen molar-refractivity contribution < 1.29 is 49.6 Å². The number of benzene rings is 1. The fraction of sp³-hybridized carbons (Fsp3) is 0.821. The lowest BCUT2D eigenvalue weighted by Gasteiger charge is -2.40. The highest BCUT2D eigenvalue weighted by Gasteiger charge is 2.46. The summed E-state index contributed by atoms with van der Waals surface area (Å²) in [5.74, 6) is 0. The first-order valence-electron chi connectivity index (χ1n) is 20.0. The zero-order valence-electron chi connectivity index (χ0n) is 31.3. The maximum absolute atomic E-state index is 14.0. The lowest BCUT2D eigenvalue weighted by atomic mass is 9.98. The lowest BCUT2D eigenvalue weighted by molar-refractivity contribution is -0.292. The minimum atomic E-state index is -1.62. The van der Waals surface area contributed by atoms with Gasteiger partial charge in [0.2, 0.25) is 0 Å². The maximum atomic E-state index is 14.0. The number of rotatable bonds is 24. The highest BCUT2D eigenvalue weighted by molar-refractivity contribution is 5.76. The molecular weight excluding hydrogens is 672 g/mol. The van der Waals surface area contributed by atoms with Gasteiger partial charge in [-0.15, -0.1) is 0 Å². The van der Waals surface area contributed by atoms with Gasteiger partial charge in [0.15, 0.2) is 12.6 Å². The Bertz CT molecular complexity index is 1240. The average molecular weight is 739 g/mol. The number of aliphatic hydroxyl groups is 6. The van der Waals surface area contributed by atoms with Gasteiger partial charge in [0.1, 0.15) is 48.8 Å². The Labute approximate surface area is 308 Å². The van der Waals surface area contributed by atoms with E-state index < -0.39 is 67.1 Å². The first-order chi connectivity index (χ1) is 25.2. The first-order valence-corrected chi connectivity index (χ1v) is 20.0. The molecule has 0 radical (unpaired) electrons. The molecule has 0 bridgehead atoms. The Hall–Kier alpha value is -1.91. The molecule has 298 valence electrons. The van der Waals surface area contributed by atoms with Gasteiger partial charge in [0.25, 0.3) is 0 Å². The summed E-state index contributed by atoms with van der Waals surface area (Å²) in [6.45, 7) is 4.68. The molecule has 0 amide bonds. The number of fused-ring (bicyclic) bond motifs is 1. The van der Waals surface area contributed by atoms with E-state index in [4.69, 9.17) is 18.9 Å². The molecule has 2 fully saturated rings. The topological polar surface area (TPSA) is 185 Å². The van der Waals surface area contributed by atoms with E-state index in [0.29, 0.717) is 24.2 Å². The van der Waals surface area contributed by atoms with E-state index in [9.17, 15) is 35.4 Å². The lowest BCUT2D eigenvalue weighted by Crippen LogP contribution is -2.60. The Morgan fingerprint density at radius 1 is 0.538 bits per heavy atom. The second-order valence-corrected chi connectivity index (χ2v) is 14.7. The van der Waals surface area contributed by atoms with Crippen molar-refractivity contribution in [2.24, 2.45) is 0 Å². The van der Waals surface area contributed by atoms with Gasteiger partial charge < -0.3 is 49.6 Å². The van der Waals surface area contributed by atoms with Crippen LogP contribution in [0.3, 0.4) is 0 Å². The monoisotopic (exact) mass is 738 g/mol. The van der Waals surface area contributed by atoms with Crippen molar-refractivity contribution in [1.29, 1.82) is 0 Å². The number of hydrogen-bond donors (Lipinski definition) is 6. The van der Waals surface area contributed by atoms with Crippen LogP contribution in [0.1, 0.15) is 117 Å². The number of ether oxygens (including phenoxy) is 4. The van der Waals surface area contributed by atoms with Gasteiger partial charge >= 0.3 is 5.69 Å². The van der Waals surface area contributed by atoms with Crippen molar-refractivity contribution in [3.05, 3.63) is 34.7 Å². The van der Waals surface area contributed by atoms with Crippen molar-refractivity contribution >= 4 is 11.0 Å². The van der Waals surface area contributed by atoms with E-state index in [1.165, 1.54) is 60.5 Å². The average Bonchev–Trinajstić information content (AvgIpc) is 3.39. The zero-order valence-corrected chi connectivity index (χ0v) is 31.3. The third-order valence-electron chi connectivity index (χ3n) is 10.6. The quantitative estimate of drug-likeness (QED) is 0.0863. The Morgan fingerprint density at radius 3 is 1.25 bits per heavy atom. The van der Waals surface area contributed by atoms with Gasteiger partial charge in [-0.2, -0.15) is 0 Å². The number of imidazole rings is 1. The minimum absolute atomic E-state index is 0.158. The van der Waals surface area contributed by atoms with E-state index in [1.807, 2.05) is 0 Å². The molecule has 13 nitrogen and oxygen atoms in total. The first kappa shape index (κ1) is 42.8. The number of hydrogen-bond acceptors (Lipinski definition) is 11. The molecule has 2 aromatic rings. The second-order valence-electron chi connectivity index (χ2n) is 14.7. The van der Waals surface area contributed by atoms with Gasteiger partial charge in [-0.3, -0.25) is 9.13 Å². The fourth-order valence-corrected chi connectivity index (χ4v) is 7.42. The standard InChI is InChI=1S/C39H66N2O11/c1-3-5-7-9-11-13-15-19-23-49-35-31(42)29(51-37(46)33(35)44)25-40-27-21-17-18-22-28(27)41(39(40)48)26-30-32(43)36(34(45)38(47)52-30)50-24-20-16-14-12-10-8-6-4-2/h17-18,21-22,29-38,42-47H,3-16,19-20,23-26H2,1-2H3. The molecule has 1 aromatic carbocycles. The smallest absolute Gasteiger partial charge is 0.329 e. The fourth-order valence-electron chi connectivity index (χ4n) is 7.42. The molecule has 0 saturated carbocycles. The molecule has 2 aliphatic heterocycles. The van der Waals surface area contributed by atoms with Gasteiger partial charge in [-0.1, -0.05) is 116 Å². The summed E-state index contributed by atoms with van der Waals surface area (Å²) in [5.41, 5.74) is 0.518. The highest BCUT2D eigenvalue weighted by Crippen LogP contribution is 2.27. The largest absolute Gasteiger partial charge is 0.388 e. The van der Waals surface area contributed by atoms with Crippen LogP contribution in [-0.2, 0) is 32.0 Å². The zero-order chi connectivity index (χ0) is 37.5. The summed E-state index contributed by atoms with van der Waals surface area (Å²) in [6, 6.07) is 6.99. The predicted octanol–water partition coefficient (Wildman–Crippen LogP) is 3.73.